The summed E-state index contributed by atoms with van der Waals surface area (Å²) >= 11 is 0. The molecule has 120 valence electrons. The van der Waals surface area contributed by atoms with Crippen molar-refractivity contribution in [3.05, 3.63) is 10.1 Å². The minimum absolute atomic E-state index is 0.103. The zero-order valence-corrected chi connectivity index (χ0v) is 12.9. The number of hydrogen-bond donors (Lipinski definition) is 1. The minimum atomic E-state index is -3.77. The summed E-state index contributed by atoms with van der Waals surface area (Å²) in [4.78, 5) is 31.9. The Bertz CT molecular complexity index is 488. The highest BCUT2D eigenvalue weighted by atomic mass is 31.2. The number of aliphatic carboxylic acids is 1. The first-order valence-corrected chi connectivity index (χ1v) is 7.88. The van der Waals surface area contributed by atoms with Crippen molar-refractivity contribution in [2.45, 2.75) is 38.9 Å². The van der Waals surface area contributed by atoms with Crippen LogP contribution in [0.25, 0.3) is 0 Å². The van der Waals surface area contributed by atoms with Crippen LogP contribution >= 0.6 is 7.60 Å². The van der Waals surface area contributed by atoms with E-state index in [0.29, 0.717) is 0 Å². The number of nitrogens with zero attached hydrogens (tertiary/aromatic N) is 1. The highest BCUT2D eigenvalue weighted by Crippen LogP contribution is 2.58. The Morgan fingerprint density at radius 1 is 1.38 bits per heavy atom. The summed E-state index contributed by atoms with van der Waals surface area (Å²) in [5.41, 5.74) is -1.58. The van der Waals surface area contributed by atoms with E-state index in [2.05, 4.69) is 0 Å². The van der Waals surface area contributed by atoms with E-state index in [9.17, 15) is 24.3 Å². The molecule has 1 fully saturated rings. The topological polar surface area (TPSA) is 133 Å². The van der Waals surface area contributed by atoms with Crippen LogP contribution < -0.4 is 0 Å². The Morgan fingerprint density at radius 3 is 2.24 bits per heavy atom. The van der Waals surface area contributed by atoms with Gasteiger partial charge in [-0.25, -0.2) is 4.79 Å². The van der Waals surface area contributed by atoms with Crippen molar-refractivity contribution in [2.24, 2.45) is 5.41 Å². The van der Waals surface area contributed by atoms with Crippen molar-refractivity contribution >= 4 is 19.3 Å². The number of carbonyl (C=O) groups is 2. The molecule has 2 atom stereocenters. The number of rotatable bonds is 6. The fourth-order valence-electron chi connectivity index (χ4n) is 1.75. The lowest BCUT2D eigenvalue weighted by Gasteiger charge is -2.36. The molecule has 1 aliphatic rings. The van der Waals surface area contributed by atoms with Gasteiger partial charge in [0.05, 0.1) is 19.6 Å². The maximum absolute atomic E-state index is 12.5. The molecule has 2 unspecified atom stereocenters. The fraction of sp³-hybridized carbons (Fsp3) is 0.818. The Hall–Kier alpha value is -1.31. The molecule has 0 aliphatic carbocycles. The lowest BCUT2D eigenvalue weighted by molar-refractivity contribution is -0.520. The van der Waals surface area contributed by atoms with E-state index in [1.807, 2.05) is 13.8 Å². The molecular formula is C11H18NO8P. The zero-order valence-electron chi connectivity index (χ0n) is 12.0. The summed E-state index contributed by atoms with van der Waals surface area (Å²) in [5.74, 6) is -3.08. The fourth-order valence-corrected chi connectivity index (χ4v) is 3.99. The van der Waals surface area contributed by atoms with Crippen molar-refractivity contribution in [1.82, 2.24) is 0 Å². The van der Waals surface area contributed by atoms with E-state index in [0.717, 1.165) is 0 Å². The highest BCUT2D eigenvalue weighted by Gasteiger charge is 2.49. The Balaban J connectivity index is 2.89. The Kier molecular flexibility index (Phi) is 5.25. The molecule has 0 aromatic rings. The summed E-state index contributed by atoms with van der Waals surface area (Å²) in [5, 5.41) is 19.6. The molecule has 0 aromatic carbocycles. The molecule has 0 aromatic heterocycles. The summed E-state index contributed by atoms with van der Waals surface area (Å²) in [7, 11) is -3.77. The molecule has 0 radical (unpaired) electrons. The van der Waals surface area contributed by atoms with E-state index in [1.54, 1.807) is 0 Å². The molecule has 0 amide bonds. The van der Waals surface area contributed by atoms with E-state index in [1.165, 1.54) is 6.92 Å². The third-order valence-corrected chi connectivity index (χ3v) is 5.55. The van der Waals surface area contributed by atoms with Gasteiger partial charge in [-0.1, -0.05) is 13.8 Å². The van der Waals surface area contributed by atoms with Gasteiger partial charge in [0.25, 0.3) is 0 Å². The van der Waals surface area contributed by atoms with Crippen LogP contribution in [0.15, 0.2) is 0 Å². The quantitative estimate of drug-likeness (QED) is 0.335. The summed E-state index contributed by atoms with van der Waals surface area (Å²) in [6.45, 7) is 5.11. The summed E-state index contributed by atoms with van der Waals surface area (Å²) < 4.78 is 22.9. The molecule has 10 heteroatoms. The normalized spacial score (nSPS) is 23.0. The Morgan fingerprint density at radius 2 is 1.86 bits per heavy atom. The molecule has 1 aliphatic heterocycles. The summed E-state index contributed by atoms with van der Waals surface area (Å²) in [6.07, 6.45) is -0.858. The molecule has 1 saturated heterocycles. The van der Waals surface area contributed by atoms with Gasteiger partial charge in [-0.15, -0.1) is 0 Å². The second-order valence-electron chi connectivity index (χ2n) is 5.78. The average molecular weight is 323 g/mol. The molecule has 1 heterocycles. The highest BCUT2D eigenvalue weighted by molar-refractivity contribution is 7.54. The van der Waals surface area contributed by atoms with Gasteiger partial charge in [0, 0.05) is 10.3 Å². The molecule has 1 N–H and O–H groups in total. The van der Waals surface area contributed by atoms with Crippen molar-refractivity contribution in [3.63, 3.8) is 0 Å². The molecule has 9 nitrogen and oxygen atoms in total. The van der Waals surface area contributed by atoms with Gasteiger partial charge in [0.2, 0.25) is 11.8 Å². The minimum Gasteiger partial charge on any atom is -0.475 e. The average Bonchev–Trinajstić information content (AvgIpc) is 2.38. The van der Waals surface area contributed by atoms with E-state index < -0.39 is 42.4 Å². The largest absolute Gasteiger partial charge is 0.475 e. The Labute approximate surface area is 121 Å². The number of carbonyl (C=O) groups excluding carboxylic acids is 1. The molecule has 21 heavy (non-hydrogen) atoms. The first kappa shape index (κ1) is 17.7. The molecule has 0 saturated carbocycles. The second kappa shape index (κ2) is 6.21. The second-order valence-corrected chi connectivity index (χ2v) is 8.19. The third kappa shape index (κ3) is 4.33. The number of nitro groups is 1. The monoisotopic (exact) mass is 323 g/mol. The van der Waals surface area contributed by atoms with Crippen molar-refractivity contribution in [2.75, 3.05) is 13.2 Å². The van der Waals surface area contributed by atoms with Crippen molar-refractivity contribution in [3.8, 4) is 0 Å². The van der Waals surface area contributed by atoms with E-state index >= 15 is 0 Å². The van der Waals surface area contributed by atoms with Gasteiger partial charge in [0.1, 0.15) is 5.66 Å². The molecule has 0 spiro atoms. The number of Topliss-reactive ketones (excluding diaryl/α,β-unsaturated/α-hetero) is 1. The number of ketones is 1. The first-order valence-electron chi connectivity index (χ1n) is 6.27. The maximum Gasteiger partial charge on any atom is 0.372 e. The predicted octanol–water partition coefficient (Wildman–Crippen LogP) is 1.33. The van der Waals surface area contributed by atoms with Crippen molar-refractivity contribution in [1.29, 1.82) is 0 Å². The number of carboxylic acids is 1. The van der Waals surface area contributed by atoms with Crippen LogP contribution in [0.2, 0.25) is 0 Å². The van der Waals surface area contributed by atoms with Gasteiger partial charge in [0.15, 0.2) is 0 Å². The lowest BCUT2D eigenvalue weighted by atomic mass is 9.97. The van der Waals surface area contributed by atoms with Crippen LogP contribution in [0.5, 0.6) is 0 Å². The zero-order chi connectivity index (χ0) is 16.4. The van der Waals surface area contributed by atoms with Gasteiger partial charge >= 0.3 is 13.6 Å². The van der Waals surface area contributed by atoms with Gasteiger partial charge < -0.3 is 14.2 Å². The predicted molar refractivity (Wildman–Crippen MR) is 70.8 cm³/mol. The number of carboxylic acid groups (broad SMARTS) is 1. The van der Waals surface area contributed by atoms with Crippen LogP contribution in [0.3, 0.4) is 0 Å². The van der Waals surface area contributed by atoms with Gasteiger partial charge in [-0.3, -0.25) is 19.5 Å². The smallest absolute Gasteiger partial charge is 0.372 e. The van der Waals surface area contributed by atoms with Crippen LogP contribution in [0.1, 0.15) is 27.2 Å². The van der Waals surface area contributed by atoms with E-state index in [-0.39, 0.29) is 18.6 Å². The van der Waals surface area contributed by atoms with Crippen molar-refractivity contribution < 1.29 is 33.2 Å². The van der Waals surface area contributed by atoms with Crippen LogP contribution in [-0.2, 0) is 23.2 Å². The standard InChI is InChI=1S/C11H18NO8P/c1-7(8(12(16)17)4-9(13)10(14)15)21(18)19-5-11(2,3)6-20-21/h7-8H,4-6H2,1-3H3,(H,14,15). The maximum atomic E-state index is 12.5. The first-order chi connectivity index (χ1) is 9.48. The lowest BCUT2D eigenvalue weighted by Crippen LogP contribution is -2.39. The number of hydrogen-bond acceptors (Lipinski definition) is 7. The van der Waals surface area contributed by atoms with E-state index in [4.69, 9.17) is 14.2 Å². The van der Waals surface area contributed by atoms with Crippen LogP contribution in [-0.4, -0.2) is 46.7 Å². The SMILES string of the molecule is CC(C(CC(=O)C(=O)O)[N+](=O)[O-])P1(=O)OCC(C)(C)CO1. The summed E-state index contributed by atoms with van der Waals surface area (Å²) in [6, 6.07) is -1.64. The van der Waals surface area contributed by atoms with Gasteiger partial charge in [-0.2, -0.15) is 0 Å². The van der Waals surface area contributed by atoms with Gasteiger partial charge in [-0.05, 0) is 6.92 Å². The van der Waals surface area contributed by atoms with Crippen LogP contribution in [0, 0.1) is 15.5 Å². The van der Waals surface area contributed by atoms with Crippen LogP contribution in [0.4, 0.5) is 0 Å². The third-order valence-electron chi connectivity index (χ3n) is 3.23. The molecular weight excluding hydrogens is 305 g/mol. The molecule has 1 rings (SSSR count). The molecule has 0 bridgehead atoms.